The van der Waals surface area contributed by atoms with Gasteiger partial charge in [-0.2, -0.15) is 0 Å². The highest BCUT2D eigenvalue weighted by Gasteiger charge is 2.03. The van der Waals surface area contributed by atoms with Crippen LogP contribution < -0.4 is 0 Å². The van der Waals surface area contributed by atoms with Crippen molar-refractivity contribution in [3.8, 4) is 0 Å². The van der Waals surface area contributed by atoms with Gasteiger partial charge < -0.3 is 0 Å². The van der Waals surface area contributed by atoms with E-state index < -0.39 is 0 Å². The van der Waals surface area contributed by atoms with Crippen LogP contribution in [0, 0.1) is 7.27 Å². The molecule has 60 valence electrons. The number of pyridine rings is 1. The molecule has 12 heavy (non-hydrogen) atoms. The third-order valence-corrected chi connectivity index (χ3v) is 4.32. The quantitative estimate of drug-likeness (QED) is 0.518. The van der Waals surface area contributed by atoms with Crippen molar-refractivity contribution in [2.24, 2.45) is 0 Å². The van der Waals surface area contributed by atoms with Crippen LogP contribution in [0.25, 0.3) is 10.9 Å². The lowest BCUT2D eigenvalue weighted by molar-refractivity contribution is 1.18. The molecule has 0 aliphatic rings. The molecular formula is C7H3I2N3. The van der Waals surface area contributed by atoms with Crippen LogP contribution in [0.4, 0.5) is 0 Å². The standard InChI is InChI=1S/C7H3I2N3/c8-5-6-4(1-10-3-12-6)2-11-7(5)9/h1-3H. The molecule has 2 rings (SSSR count). The first kappa shape index (κ1) is 8.54. The molecule has 2 aromatic rings. The lowest BCUT2D eigenvalue weighted by atomic mass is 10.3. The van der Waals surface area contributed by atoms with Gasteiger partial charge in [0, 0.05) is 17.8 Å². The zero-order chi connectivity index (χ0) is 8.55. The van der Waals surface area contributed by atoms with Crippen LogP contribution >= 0.6 is 45.2 Å². The molecule has 2 aromatic heterocycles. The Morgan fingerprint density at radius 1 is 1.08 bits per heavy atom. The van der Waals surface area contributed by atoms with E-state index in [1.165, 1.54) is 0 Å². The van der Waals surface area contributed by atoms with E-state index in [0.717, 1.165) is 18.2 Å². The maximum absolute atomic E-state index is 4.21. The Morgan fingerprint density at radius 2 is 1.92 bits per heavy atom. The number of rotatable bonds is 0. The van der Waals surface area contributed by atoms with Gasteiger partial charge in [-0.05, 0) is 45.2 Å². The first-order chi connectivity index (χ1) is 5.79. The molecule has 0 aromatic carbocycles. The normalized spacial score (nSPS) is 10.5. The molecule has 5 heteroatoms. The zero-order valence-corrected chi connectivity index (χ0v) is 10.1. The van der Waals surface area contributed by atoms with Gasteiger partial charge in [-0.15, -0.1) is 0 Å². The Balaban J connectivity index is 2.91. The lowest BCUT2D eigenvalue weighted by Gasteiger charge is -1.98. The number of halogens is 2. The van der Waals surface area contributed by atoms with E-state index >= 15 is 0 Å². The van der Waals surface area contributed by atoms with Crippen molar-refractivity contribution in [1.82, 2.24) is 15.0 Å². The van der Waals surface area contributed by atoms with E-state index in [4.69, 9.17) is 0 Å². The minimum atomic E-state index is 0.977. The summed E-state index contributed by atoms with van der Waals surface area (Å²) >= 11 is 4.44. The van der Waals surface area contributed by atoms with Crippen molar-refractivity contribution in [2.45, 2.75) is 0 Å². The van der Waals surface area contributed by atoms with Crippen molar-refractivity contribution < 1.29 is 0 Å². The number of aromatic nitrogens is 3. The van der Waals surface area contributed by atoms with Gasteiger partial charge in [0.15, 0.2) is 0 Å². The number of nitrogens with zero attached hydrogens (tertiary/aromatic N) is 3. The molecule has 0 unspecified atom stereocenters. The van der Waals surface area contributed by atoms with Crippen LogP contribution in [-0.4, -0.2) is 15.0 Å². The molecule has 0 spiro atoms. The van der Waals surface area contributed by atoms with Gasteiger partial charge >= 0.3 is 0 Å². The second-order valence-corrected chi connectivity index (χ2v) is 4.29. The predicted octanol–water partition coefficient (Wildman–Crippen LogP) is 2.23. The molecular weight excluding hydrogens is 380 g/mol. The van der Waals surface area contributed by atoms with Crippen molar-refractivity contribution in [2.75, 3.05) is 0 Å². The van der Waals surface area contributed by atoms with Crippen molar-refractivity contribution >= 4 is 56.1 Å². The van der Waals surface area contributed by atoms with Gasteiger partial charge in [-0.1, -0.05) is 0 Å². The van der Waals surface area contributed by atoms with E-state index in [0.29, 0.717) is 0 Å². The SMILES string of the molecule is Ic1ncc2cncnc2c1I. The first-order valence-corrected chi connectivity index (χ1v) is 5.34. The summed E-state index contributed by atoms with van der Waals surface area (Å²) in [7, 11) is 0. The van der Waals surface area contributed by atoms with Crippen LogP contribution in [0.15, 0.2) is 18.7 Å². The van der Waals surface area contributed by atoms with Crippen molar-refractivity contribution in [3.63, 3.8) is 0 Å². The maximum Gasteiger partial charge on any atom is 0.116 e. The Bertz CT molecular complexity index is 430. The number of fused-ring (bicyclic) bond motifs is 1. The molecule has 0 saturated heterocycles. The van der Waals surface area contributed by atoms with E-state index in [-0.39, 0.29) is 0 Å². The summed E-state index contributed by atoms with van der Waals surface area (Å²) in [6.07, 6.45) is 5.12. The molecule has 0 radical (unpaired) electrons. The van der Waals surface area contributed by atoms with Gasteiger partial charge in [0.1, 0.15) is 10.0 Å². The van der Waals surface area contributed by atoms with E-state index in [1.54, 1.807) is 18.7 Å². The van der Waals surface area contributed by atoms with Gasteiger partial charge in [0.05, 0.1) is 9.09 Å². The van der Waals surface area contributed by atoms with Gasteiger partial charge in [-0.25, -0.2) is 15.0 Å². The molecule has 0 aliphatic heterocycles. The Morgan fingerprint density at radius 3 is 2.75 bits per heavy atom. The Kier molecular flexibility index (Phi) is 2.40. The van der Waals surface area contributed by atoms with Crippen LogP contribution in [0.5, 0.6) is 0 Å². The van der Waals surface area contributed by atoms with E-state index in [1.807, 2.05) is 0 Å². The highest BCUT2D eigenvalue weighted by atomic mass is 127. The molecule has 0 atom stereocenters. The zero-order valence-electron chi connectivity index (χ0n) is 5.83. The molecule has 0 fully saturated rings. The van der Waals surface area contributed by atoms with Gasteiger partial charge in [0.25, 0.3) is 0 Å². The van der Waals surface area contributed by atoms with Crippen LogP contribution in [0.3, 0.4) is 0 Å². The highest BCUT2D eigenvalue weighted by Crippen LogP contribution is 2.20. The fourth-order valence-corrected chi connectivity index (χ4v) is 1.88. The number of hydrogen-bond acceptors (Lipinski definition) is 3. The fraction of sp³-hybridized carbons (Fsp3) is 0. The largest absolute Gasteiger partial charge is 0.248 e. The molecule has 0 bridgehead atoms. The van der Waals surface area contributed by atoms with Crippen LogP contribution in [-0.2, 0) is 0 Å². The molecule has 0 amide bonds. The summed E-state index contributed by atoms with van der Waals surface area (Å²) in [6, 6.07) is 0. The third-order valence-electron chi connectivity index (χ3n) is 1.45. The second kappa shape index (κ2) is 3.36. The molecule has 0 aliphatic carbocycles. The summed E-state index contributed by atoms with van der Waals surface area (Å²) in [5.41, 5.74) is 0.977. The van der Waals surface area contributed by atoms with Crippen LogP contribution in [0.2, 0.25) is 0 Å². The topological polar surface area (TPSA) is 38.7 Å². The van der Waals surface area contributed by atoms with E-state index in [2.05, 4.69) is 60.1 Å². The Hall–Kier alpha value is -0.0500. The average molecular weight is 383 g/mol. The molecule has 2 heterocycles. The summed E-state index contributed by atoms with van der Waals surface area (Å²) in [6.45, 7) is 0. The minimum absolute atomic E-state index is 0.977. The van der Waals surface area contributed by atoms with Crippen molar-refractivity contribution in [3.05, 3.63) is 26.0 Å². The van der Waals surface area contributed by atoms with Crippen LogP contribution in [0.1, 0.15) is 0 Å². The highest BCUT2D eigenvalue weighted by molar-refractivity contribution is 14.1. The molecule has 3 nitrogen and oxygen atoms in total. The minimum Gasteiger partial charge on any atom is -0.248 e. The smallest absolute Gasteiger partial charge is 0.116 e. The lowest BCUT2D eigenvalue weighted by Crippen LogP contribution is -1.90. The predicted molar refractivity (Wildman–Crippen MR) is 62.8 cm³/mol. The maximum atomic E-state index is 4.21. The van der Waals surface area contributed by atoms with E-state index in [9.17, 15) is 0 Å². The summed E-state index contributed by atoms with van der Waals surface area (Å²) < 4.78 is 2.08. The Labute approximate surface area is 96.3 Å². The summed E-state index contributed by atoms with van der Waals surface area (Å²) in [4.78, 5) is 12.3. The molecule has 0 N–H and O–H groups in total. The summed E-state index contributed by atoms with van der Waals surface area (Å²) in [5.74, 6) is 0. The molecule has 0 saturated carbocycles. The monoisotopic (exact) mass is 383 g/mol. The number of hydrogen-bond donors (Lipinski definition) is 0. The third kappa shape index (κ3) is 1.39. The fourth-order valence-electron chi connectivity index (χ4n) is 0.899. The van der Waals surface area contributed by atoms with Crippen molar-refractivity contribution in [1.29, 1.82) is 0 Å². The van der Waals surface area contributed by atoms with Gasteiger partial charge in [-0.3, -0.25) is 0 Å². The summed E-state index contributed by atoms with van der Waals surface area (Å²) in [5, 5.41) is 0.988. The average Bonchev–Trinajstić information content (AvgIpc) is 2.12. The first-order valence-electron chi connectivity index (χ1n) is 3.19. The van der Waals surface area contributed by atoms with Gasteiger partial charge in [0.2, 0.25) is 0 Å². The second-order valence-electron chi connectivity index (χ2n) is 2.19.